The van der Waals surface area contributed by atoms with Crippen LogP contribution in [0.25, 0.3) is 21.7 Å². The van der Waals surface area contributed by atoms with Gasteiger partial charge in [0.2, 0.25) is 0 Å². The molecule has 2 aromatic carbocycles. The molecule has 4 nitrogen and oxygen atoms in total. The summed E-state index contributed by atoms with van der Waals surface area (Å²) in [6, 6.07) is 15.0. The maximum Gasteiger partial charge on any atom is 0.161 e. The number of methoxy groups -OCH3 is 2. The van der Waals surface area contributed by atoms with Crippen LogP contribution >= 0.6 is 0 Å². The first-order chi connectivity index (χ1) is 15.7. The number of hydrogen-bond acceptors (Lipinski definition) is 4. The molecule has 32 heavy (non-hydrogen) atoms. The Balaban J connectivity index is 1.61. The highest BCUT2D eigenvalue weighted by Crippen LogP contribution is 2.40. The van der Waals surface area contributed by atoms with E-state index in [2.05, 4.69) is 53.6 Å². The maximum absolute atomic E-state index is 5.65. The van der Waals surface area contributed by atoms with E-state index in [0.717, 1.165) is 29.1 Å². The van der Waals surface area contributed by atoms with Crippen LogP contribution in [-0.4, -0.2) is 24.2 Å². The van der Waals surface area contributed by atoms with Crippen molar-refractivity contribution in [3.8, 4) is 11.5 Å². The lowest BCUT2D eigenvalue weighted by Crippen LogP contribution is -2.08. The molecular weight excluding hydrogens is 396 g/mol. The van der Waals surface area contributed by atoms with Gasteiger partial charge in [-0.1, -0.05) is 31.4 Å². The Kier molecular flexibility index (Phi) is 5.69. The predicted octanol–water partition coefficient (Wildman–Crippen LogP) is 6.75. The van der Waals surface area contributed by atoms with Crippen LogP contribution in [0.1, 0.15) is 60.5 Å². The molecule has 1 aliphatic carbocycles. The SMILES string of the molecule is COc1cc2c(Cc3ccc4nc(C)ccc4c3)cnc(C3CCCCC3)c2cc1OC. The van der Waals surface area contributed by atoms with Crippen molar-refractivity contribution in [1.29, 1.82) is 0 Å². The Morgan fingerprint density at radius 3 is 2.38 bits per heavy atom. The van der Waals surface area contributed by atoms with Gasteiger partial charge < -0.3 is 9.47 Å². The zero-order chi connectivity index (χ0) is 22.1. The monoisotopic (exact) mass is 426 g/mol. The van der Waals surface area contributed by atoms with Gasteiger partial charge in [-0.2, -0.15) is 0 Å². The van der Waals surface area contributed by atoms with E-state index in [1.165, 1.54) is 65.1 Å². The molecule has 0 saturated heterocycles. The first-order valence-electron chi connectivity index (χ1n) is 11.6. The van der Waals surface area contributed by atoms with E-state index in [9.17, 15) is 0 Å². The summed E-state index contributed by atoms with van der Waals surface area (Å²) in [5.41, 5.74) is 5.75. The van der Waals surface area contributed by atoms with Gasteiger partial charge in [-0.3, -0.25) is 9.97 Å². The van der Waals surface area contributed by atoms with E-state index in [1.54, 1.807) is 14.2 Å². The molecule has 2 heterocycles. The average Bonchev–Trinajstić information content (AvgIpc) is 2.84. The van der Waals surface area contributed by atoms with Gasteiger partial charge in [-0.25, -0.2) is 0 Å². The Morgan fingerprint density at radius 2 is 1.62 bits per heavy atom. The quantitative estimate of drug-likeness (QED) is 0.354. The Bertz CT molecular complexity index is 1280. The van der Waals surface area contributed by atoms with Gasteiger partial charge >= 0.3 is 0 Å². The Hall–Kier alpha value is -3.14. The zero-order valence-corrected chi connectivity index (χ0v) is 19.1. The molecule has 1 saturated carbocycles. The van der Waals surface area contributed by atoms with Gasteiger partial charge in [0.15, 0.2) is 11.5 Å². The minimum Gasteiger partial charge on any atom is -0.493 e. The fraction of sp³-hybridized carbons (Fsp3) is 0.357. The van der Waals surface area contributed by atoms with Crippen LogP contribution in [0.5, 0.6) is 11.5 Å². The zero-order valence-electron chi connectivity index (χ0n) is 19.1. The van der Waals surface area contributed by atoms with Gasteiger partial charge in [-0.15, -0.1) is 0 Å². The summed E-state index contributed by atoms with van der Waals surface area (Å²) in [7, 11) is 3.40. The van der Waals surface area contributed by atoms with E-state index in [0.29, 0.717) is 5.92 Å². The third kappa shape index (κ3) is 3.90. The van der Waals surface area contributed by atoms with Crippen LogP contribution in [-0.2, 0) is 6.42 Å². The molecule has 0 atom stereocenters. The van der Waals surface area contributed by atoms with Crippen molar-refractivity contribution in [2.45, 2.75) is 51.4 Å². The van der Waals surface area contributed by atoms with Gasteiger partial charge in [0.05, 0.1) is 25.4 Å². The first kappa shape index (κ1) is 20.7. The lowest BCUT2D eigenvalue weighted by molar-refractivity contribution is 0.355. The second kappa shape index (κ2) is 8.78. The minimum atomic E-state index is 0.522. The highest BCUT2D eigenvalue weighted by atomic mass is 16.5. The lowest BCUT2D eigenvalue weighted by atomic mass is 9.84. The molecule has 0 spiro atoms. The van der Waals surface area contributed by atoms with Crippen LogP contribution in [0, 0.1) is 6.92 Å². The van der Waals surface area contributed by atoms with Gasteiger partial charge in [0.1, 0.15) is 0 Å². The first-order valence-corrected chi connectivity index (χ1v) is 11.6. The summed E-state index contributed by atoms with van der Waals surface area (Å²) in [5, 5.41) is 3.58. The van der Waals surface area contributed by atoms with Crippen LogP contribution in [0.4, 0.5) is 0 Å². The third-order valence-electron chi connectivity index (χ3n) is 6.78. The smallest absolute Gasteiger partial charge is 0.161 e. The van der Waals surface area contributed by atoms with Crippen molar-refractivity contribution in [3.05, 3.63) is 71.2 Å². The molecule has 1 fully saturated rings. The number of hydrogen-bond donors (Lipinski definition) is 0. The molecule has 0 radical (unpaired) electrons. The number of aryl methyl sites for hydroxylation is 1. The van der Waals surface area contributed by atoms with E-state index < -0.39 is 0 Å². The number of benzene rings is 2. The number of ether oxygens (including phenoxy) is 2. The van der Waals surface area contributed by atoms with Crippen LogP contribution in [0.15, 0.2) is 48.7 Å². The van der Waals surface area contributed by atoms with E-state index in [4.69, 9.17) is 14.5 Å². The molecule has 0 amide bonds. The normalized spacial score (nSPS) is 14.7. The fourth-order valence-corrected chi connectivity index (χ4v) is 5.09. The van der Waals surface area contributed by atoms with E-state index in [1.807, 2.05) is 6.92 Å². The number of rotatable bonds is 5. The van der Waals surface area contributed by atoms with Crippen molar-refractivity contribution in [2.75, 3.05) is 14.2 Å². The highest BCUT2D eigenvalue weighted by molar-refractivity contribution is 5.91. The van der Waals surface area contributed by atoms with E-state index in [-0.39, 0.29) is 0 Å². The highest BCUT2D eigenvalue weighted by Gasteiger charge is 2.22. The van der Waals surface area contributed by atoms with E-state index >= 15 is 0 Å². The summed E-state index contributed by atoms with van der Waals surface area (Å²) < 4.78 is 11.3. The molecule has 0 bridgehead atoms. The molecule has 2 aromatic heterocycles. The van der Waals surface area contributed by atoms with Crippen molar-refractivity contribution < 1.29 is 9.47 Å². The molecular formula is C28H30N2O2. The van der Waals surface area contributed by atoms with Crippen molar-refractivity contribution in [1.82, 2.24) is 9.97 Å². The lowest BCUT2D eigenvalue weighted by Gasteiger charge is -2.23. The molecule has 5 rings (SSSR count). The van der Waals surface area contributed by atoms with Crippen LogP contribution in [0.2, 0.25) is 0 Å². The fourth-order valence-electron chi connectivity index (χ4n) is 5.09. The molecule has 4 heteroatoms. The molecule has 0 aliphatic heterocycles. The average molecular weight is 427 g/mol. The second-order valence-corrected chi connectivity index (χ2v) is 8.91. The largest absolute Gasteiger partial charge is 0.493 e. The third-order valence-corrected chi connectivity index (χ3v) is 6.78. The summed E-state index contributed by atoms with van der Waals surface area (Å²) in [4.78, 5) is 9.66. The minimum absolute atomic E-state index is 0.522. The second-order valence-electron chi connectivity index (χ2n) is 8.91. The molecule has 1 aliphatic rings. The topological polar surface area (TPSA) is 44.2 Å². The Labute approximate surface area is 189 Å². The molecule has 164 valence electrons. The number of pyridine rings is 2. The predicted molar refractivity (Wildman–Crippen MR) is 130 cm³/mol. The van der Waals surface area contributed by atoms with Gasteiger partial charge in [-0.05, 0) is 73.0 Å². The number of fused-ring (bicyclic) bond motifs is 2. The van der Waals surface area contributed by atoms with Crippen LogP contribution in [0.3, 0.4) is 0 Å². The summed E-state index contributed by atoms with van der Waals surface area (Å²) >= 11 is 0. The van der Waals surface area contributed by atoms with Crippen molar-refractivity contribution in [3.63, 3.8) is 0 Å². The van der Waals surface area contributed by atoms with Gasteiger partial charge in [0, 0.05) is 28.6 Å². The molecule has 4 aromatic rings. The molecule has 0 N–H and O–H groups in total. The molecule has 0 unspecified atom stereocenters. The summed E-state index contributed by atoms with van der Waals surface area (Å²) in [5.74, 6) is 2.05. The number of nitrogens with zero attached hydrogens (tertiary/aromatic N) is 2. The summed E-state index contributed by atoms with van der Waals surface area (Å²) in [6.45, 7) is 2.03. The number of aromatic nitrogens is 2. The summed E-state index contributed by atoms with van der Waals surface area (Å²) in [6.07, 6.45) is 9.23. The maximum atomic E-state index is 5.65. The standard InChI is InChI=1S/C28H30N2O2/c1-18-9-11-21-13-19(10-12-25(21)30-18)14-22-17-29-28(20-7-5-4-6-8-20)24-16-27(32-3)26(31-2)15-23(22)24/h9-13,15-17,20H,4-8,14H2,1-3H3. The van der Waals surface area contributed by atoms with Gasteiger partial charge in [0.25, 0.3) is 0 Å². The Morgan fingerprint density at radius 1 is 0.875 bits per heavy atom. The van der Waals surface area contributed by atoms with Crippen molar-refractivity contribution >= 4 is 21.7 Å². The van der Waals surface area contributed by atoms with Crippen molar-refractivity contribution in [2.24, 2.45) is 0 Å². The van der Waals surface area contributed by atoms with Crippen LogP contribution < -0.4 is 9.47 Å².